The lowest BCUT2D eigenvalue weighted by Gasteiger charge is -2.06. The molecule has 0 saturated carbocycles. The number of hydrogen-bond donors (Lipinski definition) is 2. The predicted octanol–water partition coefficient (Wildman–Crippen LogP) is 0.108. The van der Waals surface area contributed by atoms with Gasteiger partial charge in [0.05, 0.1) is 6.42 Å². The number of methoxy groups -OCH3 is 1. The minimum atomic E-state index is -0.185. The highest BCUT2D eigenvalue weighted by atomic mass is 16.5. The molecule has 0 saturated heterocycles. The number of nitrogens with one attached hydrogen (secondary N) is 2. The smallest absolute Gasteiger partial charge is 0.246 e. The number of ether oxygens (including phenoxy) is 1. The molecule has 0 fully saturated rings. The lowest BCUT2D eigenvalue weighted by molar-refractivity contribution is -0.125. The van der Waals surface area contributed by atoms with E-state index >= 15 is 0 Å². The second-order valence-electron chi connectivity index (χ2n) is 3.80. The molecule has 1 aromatic carbocycles. The van der Waals surface area contributed by atoms with Crippen molar-refractivity contribution in [2.75, 3.05) is 26.8 Å². The van der Waals surface area contributed by atoms with Gasteiger partial charge >= 0.3 is 0 Å². The maximum atomic E-state index is 11.5. The third kappa shape index (κ3) is 6.00. The molecule has 0 spiro atoms. The summed E-state index contributed by atoms with van der Waals surface area (Å²) in [6.45, 7) is 0.863. The highest BCUT2D eigenvalue weighted by Crippen LogP contribution is 1.98. The van der Waals surface area contributed by atoms with Crippen LogP contribution in [0, 0.1) is 0 Å². The Hall–Kier alpha value is -1.88. The van der Waals surface area contributed by atoms with E-state index in [0.29, 0.717) is 19.5 Å². The van der Waals surface area contributed by atoms with E-state index in [9.17, 15) is 9.59 Å². The van der Waals surface area contributed by atoms with Crippen molar-refractivity contribution in [3.05, 3.63) is 35.9 Å². The Bertz CT molecular complexity index is 379. The van der Waals surface area contributed by atoms with Crippen LogP contribution in [0.25, 0.3) is 0 Å². The predicted molar refractivity (Wildman–Crippen MR) is 68.0 cm³/mol. The van der Waals surface area contributed by atoms with Crippen LogP contribution in [-0.2, 0) is 20.7 Å². The van der Waals surface area contributed by atoms with E-state index in [-0.39, 0.29) is 18.4 Å². The van der Waals surface area contributed by atoms with E-state index in [0.717, 1.165) is 5.56 Å². The average Bonchev–Trinajstić information content (AvgIpc) is 2.36. The summed E-state index contributed by atoms with van der Waals surface area (Å²) in [6.07, 6.45) is 0.354. The summed E-state index contributed by atoms with van der Waals surface area (Å²) in [7, 11) is 1.46. The van der Waals surface area contributed by atoms with Crippen LogP contribution in [0.1, 0.15) is 5.56 Å². The van der Waals surface area contributed by atoms with Crippen LogP contribution in [0.15, 0.2) is 30.3 Å². The van der Waals surface area contributed by atoms with Gasteiger partial charge < -0.3 is 15.4 Å². The fraction of sp³-hybridized carbons (Fsp3) is 0.385. The SMILES string of the molecule is COCC(=O)NCCNC(=O)Cc1ccccc1. The van der Waals surface area contributed by atoms with Crippen molar-refractivity contribution in [1.29, 1.82) is 0 Å². The zero-order valence-corrected chi connectivity index (χ0v) is 10.4. The van der Waals surface area contributed by atoms with Gasteiger partial charge in [-0.3, -0.25) is 9.59 Å². The van der Waals surface area contributed by atoms with Gasteiger partial charge in [-0.25, -0.2) is 0 Å². The molecule has 0 radical (unpaired) electrons. The zero-order valence-electron chi connectivity index (χ0n) is 10.4. The summed E-state index contributed by atoms with van der Waals surface area (Å²) in [6, 6.07) is 9.51. The van der Waals surface area contributed by atoms with Gasteiger partial charge in [0.25, 0.3) is 0 Å². The molecule has 98 valence electrons. The molecule has 0 aliphatic rings. The Balaban J connectivity index is 2.12. The summed E-state index contributed by atoms with van der Waals surface area (Å²) in [5.74, 6) is -0.239. The fourth-order valence-corrected chi connectivity index (χ4v) is 1.43. The van der Waals surface area contributed by atoms with Crippen LogP contribution in [0.5, 0.6) is 0 Å². The number of carbonyl (C=O) groups is 2. The topological polar surface area (TPSA) is 67.4 Å². The van der Waals surface area contributed by atoms with Crippen LogP contribution in [0.4, 0.5) is 0 Å². The molecule has 0 heterocycles. The van der Waals surface area contributed by atoms with Crippen molar-refractivity contribution in [1.82, 2.24) is 10.6 Å². The Morgan fingerprint density at radius 2 is 1.67 bits per heavy atom. The monoisotopic (exact) mass is 250 g/mol. The summed E-state index contributed by atoms with van der Waals surface area (Å²) < 4.78 is 4.66. The minimum absolute atomic E-state index is 0.0396. The van der Waals surface area contributed by atoms with Crippen LogP contribution < -0.4 is 10.6 Å². The lowest BCUT2D eigenvalue weighted by atomic mass is 10.1. The number of benzene rings is 1. The van der Waals surface area contributed by atoms with E-state index in [2.05, 4.69) is 15.4 Å². The standard InChI is InChI=1S/C13H18N2O3/c1-18-10-13(17)15-8-7-14-12(16)9-11-5-3-2-4-6-11/h2-6H,7-10H2,1H3,(H,14,16)(H,15,17). The van der Waals surface area contributed by atoms with Crippen LogP contribution >= 0.6 is 0 Å². The Morgan fingerprint density at radius 3 is 2.28 bits per heavy atom. The first kappa shape index (κ1) is 14.2. The molecule has 0 aliphatic heterocycles. The van der Waals surface area contributed by atoms with Gasteiger partial charge in [-0.2, -0.15) is 0 Å². The first-order chi connectivity index (χ1) is 8.72. The van der Waals surface area contributed by atoms with Gasteiger partial charge in [0, 0.05) is 20.2 Å². The molecular weight excluding hydrogens is 232 g/mol. The van der Waals surface area contributed by atoms with Gasteiger partial charge in [0.2, 0.25) is 11.8 Å². The number of carbonyl (C=O) groups excluding carboxylic acids is 2. The molecule has 5 nitrogen and oxygen atoms in total. The second-order valence-corrected chi connectivity index (χ2v) is 3.80. The third-order valence-electron chi connectivity index (χ3n) is 2.25. The molecule has 2 N–H and O–H groups in total. The van der Waals surface area contributed by atoms with Crippen molar-refractivity contribution in [3.8, 4) is 0 Å². The first-order valence-electron chi connectivity index (χ1n) is 5.78. The fourth-order valence-electron chi connectivity index (χ4n) is 1.43. The minimum Gasteiger partial charge on any atom is -0.375 e. The van der Waals surface area contributed by atoms with Gasteiger partial charge in [0.1, 0.15) is 6.61 Å². The van der Waals surface area contributed by atoms with Gasteiger partial charge in [-0.1, -0.05) is 30.3 Å². The highest BCUT2D eigenvalue weighted by Gasteiger charge is 2.02. The van der Waals surface area contributed by atoms with Crippen molar-refractivity contribution < 1.29 is 14.3 Å². The summed E-state index contributed by atoms with van der Waals surface area (Å²) in [5.41, 5.74) is 0.971. The average molecular weight is 250 g/mol. The summed E-state index contributed by atoms with van der Waals surface area (Å²) in [4.78, 5) is 22.6. The molecule has 5 heteroatoms. The van der Waals surface area contributed by atoms with Crippen LogP contribution in [-0.4, -0.2) is 38.6 Å². The van der Waals surface area contributed by atoms with E-state index in [1.807, 2.05) is 30.3 Å². The summed E-state index contributed by atoms with van der Waals surface area (Å²) in [5, 5.41) is 5.36. The van der Waals surface area contributed by atoms with Crippen LogP contribution in [0.3, 0.4) is 0 Å². The van der Waals surface area contributed by atoms with E-state index < -0.39 is 0 Å². The Morgan fingerprint density at radius 1 is 1.06 bits per heavy atom. The van der Waals surface area contributed by atoms with Gasteiger partial charge in [-0.15, -0.1) is 0 Å². The quantitative estimate of drug-likeness (QED) is 0.675. The molecule has 0 atom stereocenters. The third-order valence-corrected chi connectivity index (χ3v) is 2.25. The molecule has 18 heavy (non-hydrogen) atoms. The largest absolute Gasteiger partial charge is 0.375 e. The maximum absolute atomic E-state index is 11.5. The molecule has 0 unspecified atom stereocenters. The molecule has 2 amide bonds. The highest BCUT2D eigenvalue weighted by molar-refractivity contribution is 5.79. The normalized spacial score (nSPS) is 9.83. The second kappa shape index (κ2) is 8.25. The molecule has 1 rings (SSSR count). The molecule has 0 bridgehead atoms. The van der Waals surface area contributed by atoms with Crippen molar-refractivity contribution in [2.45, 2.75) is 6.42 Å². The number of rotatable bonds is 7. The molecular formula is C13H18N2O3. The van der Waals surface area contributed by atoms with Crippen molar-refractivity contribution >= 4 is 11.8 Å². The first-order valence-corrected chi connectivity index (χ1v) is 5.78. The molecule has 1 aromatic rings. The van der Waals surface area contributed by atoms with Crippen molar-refractivity contribution in [2.24, 2.45) is 0 Å². The van der Waals surface area contributed by atoms with Gasteiger partial charge in [0.15, 0.2) is 0 Å². The number of hydrogen-bond acceptors (Lipinski definition) is 3. The van der Waals surface area contributed by atoms with Gasteiger partial charge in [-0.05, 0) is 5.56 Å². The summed E-state index contributed by atoms with van der Waals surface area (Å²) >= 11 is 0. The molecule has 0 aromatic heterocycles. The Kier molecular flexibility index (Phi) is 6.50. The molecule has 0 aliphatic carbocycles. The zero-order chi connectivity index (χ0) is 13.2. The Labute approximate surface area is 107 Å². The number of amides is 2. The van der Waals surface area contributed by atoms with E-state index in [1.165, 1.54) is 7.11 Å². The van der Waals surface area contributed by atoms with Crippen LogP contribution in [0.2, 0.25) is 0 Å². The van der Waals surface area contributed by atoms with E-state index in [1.54, 1.807) is 0 Å². The van der Waals surface area contributed by atoms with Crippen molar-refractivity contribution in [3.63, 3.8) is 0 Å². The lowest BCUT2D eigenvalue weighted by Crippen LogP contribution is -2.36. The maximum Gasteiger partial charge on any atom is 0.246 e. The van der Waals surface area contributed by atoms with E-state index in [4.69, 9.17) is 0 Å².